The molecular weight excluding hydrogens is 408 g/mol. The van der Waals surface area contributed by atoms with Crippen LogP contribution in [0.2, 0.25) is 0 Å². The largest absolute Gasteiger partial charge is 0.317 e. The van der Waals surface area contributed by atoms with Crippen LogP contribution in [-0.4, -0.2) is 41.8 Å². The van der Waals surface area contributed by atoms with Crippen LogP contribution < -0.4 is 10.3 Å². The molecule has 1 saturated heterocycles. The van der Waals surface area contributed by atoms with Gasteiger partial charge >= 0.3 is 0 Å². The fourth-order valence-corrected chi connectivity index (χ4v) is 4.94. The molecule has 0 spiro atoms. The van der Waals surface area contributed by atoms with Crippen LogP contribution in [-0.2, 0) is 0 Å². The van der Waals surface area contributed by atoms with Gasteiger partial charge in [0, 0.05) is 10.9 Å². The molecule has 3 aliphatic heterocycles. The molecule has 1 fully saturated rings. The van der Waals surface area contributed by atoms with Gasteiger partial charge in [0.05, 0.1) is 42.1 Å². The summed E-state index contributed by atoms with van der Waals surface area (Å²) in [6, 6.07) is 21.2. The van der Waals surface area contributed by atoms with E-state index in [1.165, 1.54) is 12.8 Å². The fraction of sp³-hybridized carbons (Fsp3) is 0.222. The molecule has 1 aromatic heterocycles. The van der Waals surface area contributed by atoms with E-state index >= 15 is 0 Å². The number of nitrogens with zero attached hydrogens (tertiary/aromatic N) is 5. The Morgan fingerprint density at radius 3 is 2.70 bits per heavy atom. The number of hydrogen-bond acceptors (Lipinski definition) is 5. The van der Waals surface area contributed by atoms with Gasteiger partial charge in [0.2, 0.25) is 12.0 Å². The van der Waals surface area contributed by atoms with Gasteiger partial charge in [-0.15, -0.1) is 4.59 Å². The smallest absolute Gasteiger partial charge is 0.225 e. The minimum absolute atomic E-state index is 0.442. The summed E-state index contributed by atoms with van der Waals surface area (Å²) in [5.41, 5.74) is 5.31. The van der Waals surface area contributed by atoms with Crippen molar-refractivity contribution < 1.29 is 4.59 Å². The molecule has 33 heavy (non-hydrogen) atoms. The Morgan fingerprint density at radius 2 is 1.82 bits per heavy atom. The first-order chi connectivity index (χ1) is 16.3. The maximum Gasteiger partial charge on any atom is 0.225 e. The monoisotopic (exact) mass is 435 g/mol. The molecule has 0 aliphatic carbocycles. The highest BCUT2D eigenvalue weighted by Crippen LogP contribution is 2.35. The number of anilines is 1. The Kier molecular flexibility index (Phi) is 5.09. The predicted octanol–water partition coefficient (Wildman–Crippen LogP) is 4.88. The molecular formula is C27H27N6+. The van der Waals surface area contributed by atoms with Gasteiger partial charge in [0.15, 0.2) is 6.20 Å². The fourth-order valence-electron chi connectivity index (χ4n) is 4.94. The van der Waals surface area contributed by atoms with Crippen molar-refractivity contribution in [3.05, 3.63) is 85.0 Å². The Morgan fingerprint density at radius 1 is 0.970 bits per heavy atom. The van der Waals surface area contributed by atoms with E-state index in [0.29, 0.717) is 10.5 Å². The minimum Gasteiger partial charge on any atom is -0.317 e. The van der Waals surface area contributed by atoms with E-state index in [1.54, 1.807) is 0 Å². The summed E-state index contributed by atoms with van der Waals surface area (Å²) in [5, 5.41) is 7.07. The predicted molar refractivity (Wildman–Crippen MR) is 135 cm³/mol. The lowest BCUT2D eigenvalue weighted by Crippen LogP contribution is -2.57. The summed E-state index contributed by atoms with van der Waals surface area (Å²) < 4.78 is 0.442. The SMILES string of the molecule is C1=C[N+]2(N(CC3CCNCC3)c3ccc4ccc(-c5ccccc5)nc4c3)C=NC=C2C=N1. The van der Waals surface area contributed by atoms with Gasteiger partial charge < -0.3 is 5.32 Å². The lowest BCUT2D eigenvalue weighted by Gasteiger charge is -2.41. The maximum atomic E-state index is 5.03. The number of fused-ring (bicyclic) bond motifs is 2. The first-order valence-electron chi connectivity index (χ1n) is 11.6. The third-order valence-corrected chi connectivity index (χ3v) is 6.78. The molecule has 164 valence electrons. The molecule has 4 heterocycles. The second-order valence-corrected chi connectivity index (χ2v) is 8.85. The zero-order valence-electron chi connectivity index (χ0n) is 18.5. The van der Waals surface area contributed by atoms with E-state index < -0.39 is 0 Å². The number of rotatable bonds is 5. The number of pyridine rings is 1. The van der Waals surface area contributed by atoms with Crippen molar-refractivity contribution in [3.8, 4) is 11.3 Å². The van der Waals surface area contributed by atoms with Crippen molar-refractivity contribution >= 4 is 29.1 Å². The molecule has 2 aromatic carbocycles. The number of aromatic nitrogens is 1. The molecule has 1 atom stereocenters. The highest BCUT2D eigenvalue weighted by Gasteiger charge is 2.42. The quantitative estimate of drug-likeness (QED) is 0.581. The van der Waals surface area contributed by atoms with Crippen LogP contribution in [0.25, 0.3) is 22.2 Å². The summed E-state index contributed by atoms with van der Waals surface area (Å²) in [5.74, 6) is 0.612. The van der Waals surface area contributed by atoms with Crippen molar-refractivity contribution in [2.75, 3.05) is 24.6 Å². The van der Waals surface area contributed by atoms with Gasteiger partial charge in [-0.25, -0.2) is 15.0 Å². The van der Waals surface area contributed by atoms with Gasteiger partial charge in [-0.05, 0) is 50.0 Å². The summed E-state index contributed by atoms with van der Waals surface area (Å²) in [7, 11) is 0. The van der Waals surface area contributed by atoms with Crippen molar-refractivity contribution in [1.29, 1.82) is 0 Å². The first-order valence-corrected chi connectivity index (χ1v) is 11.6. The Bertz CT molecular complexity index is 1290. The van der Waals surface area contributed by atoms with Crippen LogP contribution in [0.3, 0.4) is 0 Å². The molecule has 0 saturated carbocycles. The lowest BCUT2D eigenvalue weighted by atomic mass is 9.97. The van der Waals surface area contributed by atoms with Gasteiger partial charge in [-0.3, -0.25) is 4.99 Å². The minimum atomic E-state index is 0.442. The Balaban J connectivity index is 1.44. The average molecular weight is 436 g/mol. The van der Waals surface area contributed by atoms with Gasteiger partial charge in [0.25, 0.3) is 0 Å². The molecule has 1 unspecified atom stereocenters. The number of nitrogens with one attached hydrogen (secondary N) is 1. The molecule has 3 aromatic rings. The van der Waals surface area contributed by atoms with Crippen molar-refractivity contribution in [3.63, 3.8) is 0 Å². The molecule has 6 rings (SSSR count). The Labute approximate surface area is 193 Å². The van der Waals surface area contributed by atoms with E-state index in [9.17, 15) is 0 Å². The molecule has 0 amide bonds. The summed E-state index contributed by atoms with van der Waals surface area (Å²) in [4.78, 5) is 13.9. The van der Waals surface area contributed by atoms with Crippen LogP contribution in [0, 0.1) is 5.92 Å². The van der Waals surface area contributed by atoms with Gasteiger partial charge in [0.1, 0.15) is 0 Å². The van der Waals surface area contributed by atoms with Crippen molar-refractivity contribution in [2.45, 2.75) is 12.8 Å². The summed E-state index contributed by atoms with van der Waals surface area (Å²) >= 11 is 0. The number of benzene rings is 2. The zero-order valence-corrected chi connectivity index (χ0v) is 18.5. The highest BCUT2D eigenvalue weighted by molar-refractivity contribution is 5.86. The Hall–Kier alpha value is -3.61. The van der Waals surface area contributed by atoms with Crippen LogP contribution in [0.4, 0.5) is 5.69 Å². The second kappa shape index (κ2) is 8.39. The molecule has 3 aliphatic rings. The van der Waals surface area contributed by atoms with E-state index in [4.69, 9.17) is 4.98 Å². The third-order valence-electron chi connectivity index (χ3n) is 6.78. The number of aliphatic imine (C=N–C) groups is 2. The van der Waals surface area contributed by atoms with Gasteiger partial charge in [-0.1, -0.05) is 42.5 Å². The molecule has 0 radical (unpaired) electrons. The van der Waals surface area contributed by atoms with E-state index in [0.717, 1.165) is 53.2 Å². The molecule has 1 N–H and O–H groups in total. The normalized spacial score (nSPS) is 21.9. The van der Waals surface area contributed by atoms with Crippen molar-refractivity contribution in [2.24, 2.45) is 15.9 Å². The molecule has 6 nitrogen and oxygen atoms in total. The number of quaternary nitrogens is 1. The molecule has 0 bridgehead atoms. The standard InChI is InChI=1S/C27H27N6/c1-2-4-22(5-3-1)26-9-7-23-6-8-24(16-27(23)31-26)32(19-21-10-12-28-13-11-21)33-15-14-29-17-25(33)18-30-20-33/h1-9,14-18,20-21,28H,10-13,19H2/q+1. The number of allylic oxidation sites excluding steroid dienone is 1. The van der Waals surface area contributed by atoms with E-state index in [2.05, 4.69) is 81.1 Å². The number of hydrogen-bond donors (Lipinski definition) is 1. The molecule has 6 heteroatoms. The summed E-state index contributed by atoms with van der Waals surface area (Å²) in [6.07, 6.45) is 12.2. The first kappa shape index (κ1) is 20.0. The highest BCUT2D eigenvalue weighted by atomic mass is 15.8. The maximum absolute atomic E-state index is 5.03. The van der Waals surface area contributed by atoms with E-state index in [1.807, 2.05) is 31.0 Å². The van der Waals surface area contributed by atoms with Crippen LogP contribution in [0.1, 0.15) is 12.8 Å². The topological polar surface area (TPSA) is 52.9 Å². The van der Waals surface area contributed by atoms with Crippen LogP contribution in [0.5, 0.6) is 0 Å². The van der Waals surface area contributed by atoms with Crippen LogP contribution in [0.15, 0.2) is 94.9 Å². The second-order valence-electron chi connectivity index (χ2n) is 8.85. The lowest BCUT2D eigenvalue weighted by molar-refractivity contribution is -0.742. The van der Waals surface area contributed by atoms with Crippen LogP contribution >= 0.6 is 0 Å². The van der Waals surface area contributed by atoms with Crippen molar-refractivity contribution in [1.82, 2.24) is 10.3 Å². The van der Waals surface area contributed by atoms with Gasteiger partial charge in [-0.2, -0.15) is 0 Å². The van der Waals surface area contributed by atoms with E-state index in [-0.39, 0.29) is 0 Å². The zero-order chi connectivity index (χ0) is 22.1. The third kappa shape index (κ3) is 3.67. The summed E-state index contributed by atoms with van der Waals surface area (Å²) in [6.45, 7) is 3.09. The average Bonchev–Trinajstić information content (AvgIpc) is 3.33. The number of piperidine rings is 1.